The number of halogens is 1. The van der Waals surface area contributed by atoms with Gasteiger partial charge in [-0.05, 0) is 12.5 Å². The van der Waals surface area contributed by atoms with Crippen LogP contribution in [0.2, 0.25) is 0 Å². The maximum absolute atomic E-state index is 13.3. The predicted molar refractivity (Wildman–Crippen MR) is 53.3 cm³/mol. The van der Waals surface area contributed by atoms with E-state index in [0.29, 0.717) is 11.9 Å². The third-order valence-electron chi connectivity index (χ3n) is 2.11. The molecule has 2 rings (SSSR count). The molecule has 0 aliphatic carbocycles. The lowest BCUT2D eigenvalue weighted by molar-refractivity contribution is 0.636. The summed E-state index contributed by atoms with van der Waals surface area (Å²) in [5.41, 5.74) is 6.57. The van der Waals surface area contributed by atoms with Crippen LogP contribution < -0.4 is 5.73 Å². The first-order valence-electron chi connectivity index (χ1n) is 4.43. The highest BCUT2D eigenvalue weighted by Gasteiger charge is 2.07. The first-order valence-corrected chi connectivity index (χ1v) is 4.43. The van der Waals surface area contributed by atoms with E-state index in [1.165, 1.54) is 6.07 Å². The Morgan fingerprint density at radius 2 is 2.14 bits per heavy atom. The molecule has 14 heavy (non-hydrogen) atoms. The summed E-state index contributed by atoms with van der Waals surface area (Å²) in [5, 5.41) is 0.738. The average Bonchev–Trinajstić information content (AvgIpc) is 2.18. The topological polar surface area (TPSA) is 51.8 Å². The van der Waals surface area contributed by atoms with E-state index in [4.69, 9.17) is 5.73 Å². The van der Waals surface area contributed by atoms with Crippen molar-refractivity contribution in [1.82, 2.24) is 9.97 Å². The molecule has 2 N–H and O–H groups in total. The van der Waals surface area contributed by atoms with Crippen LogP contribution in [0, 0.1) is 5.82 Å². The summed E-state index contributed by atoms with van der Waals surface area (Å²) in [7, 11) is 0. The second-order valence-electron chi connectivity index (χ2n) is 3.02. The summed E-state index contributed by atoms with van der Waals surface area (Å²) < 4.78 is 13.3. The minimum absolute atomic E-state index is 0.124. The molecular weight excluding hydrogens is 181 g/mol. The second-order valence-corrected chi connectivity index (χ2v) is 3.02. The standard InChI is InChI=1S/C10H10FN3/c1-2-8-6-4-3-5-7(11)9(6)14-10(12)13-8/h3-5H,2H2,1H3,(H2,12,13,14). The van der Waals surface area contributed by atoms with Crippen LogP contribution in [-0.2, 0) is 6.42 Å². The number of anilines is 1. The van der Waals surface area contributed by atoms with Gasteiger partial charge in [0.15, 0.2) is 0 Å². The van der Waals surface area contributed by atoms with Crippen LogP contribution in [0.15, 0.2) is 18.2 Å². The van der Waals surface area contributed by atoms with E-state index in [-0.39, 0.29) is 11.8 Å². The Labute approximate surface area is 80.8 Å². The van der Waals surface area contributed by atoms with Crippen LogP contribution in [-0.4, -0.2) is 9.97 Å². The zero-order valence-electron chi connectivity index (χ0n) is 7.79. The summed E-state index contributed by atoms with van der Waals surface area (Å²) in [5.74, 6) is -0.231. The van der Waals surface area contributed by atoms with Crippen molar-refractivity contribution < 1.29 is 4.39 Å². The number of hydrogen-bond acceptors (Lipinski definition) is 3. The van der Waals surface area contributed by atoms with Crippen molar-refractivity contribution in [3.63, 3.8) is 0 Å². The van der Waals surface area contributed by atoms with Crippen LogP contribution in [0.5, 0.6) is 0 Å². The molecule has 1 aromatic heterocycles. The molecule has 2 aromatic rings. The van der Waals surface area contributed by atoms with Gasteiger partial charge in [0, 0.05) is 5.39 Å². The Hall–Kier alpha value is -1.71. The van der Waals surface area contributed by atoms with Crippen LogP contribution in [0.1, 0.15) is 12.6 Å². The average molecular weight is 191 g/mol. The van der Waals surface area contributed by atoms with E-state index in [1.54, 1.807) is 12.1 Å². The maximum atomic E-state index is 13.3. The molecule has 0 bridgehead atoms. The molecule has 0 spiro atoms. The molecule has 0 saturated heterocycles. The van der Waals surface area contributed by atoms with Gasteiger partial charge in [0.2, 0.25) is 5.95 Å². The van der Waals surface area contributed by atoms with Crippen molar-refractivity contribution in [3.8, 4) is 0 Å². The van der Waals surface area contributed by atoms with E-state index >= 15 is 0 Å². The van der Waals surface area contributed by atoms with Gasteiger partial charge in [-0.2, -0.15) is 0 Å². The van der Waals surface area contributed by atoms with Gasteiger partial charge in [-0.1, -0.05) is 19.1 Å². The number of nitrogens with two attached hydrogens (primary N) is 1. The van der Waals surface area contributed by atoms with E-state index in [0.717, 1.165) is 11.1 Å². The number of nitrogens with zero attached hydrogens (tertiary/aromatic N) is 2. The largest absolute Gasteiger partial charge is 0.368 e. The van der Waals surface area contributed by atoms with Gasteiger partial charge in [-0.25, -0.2) is 14.4 Å². The quantitative estimate of drug-likeness (QED) is 0.749. The molecule has 0 saturated carbocycles. The number of aromatic nitrogens is 2. The number of benzene rings is 1. The smallest absolute Gasteiger partial charge is 0.220 e. The summed E-state index contributed by atoms with van der Waals surface area (Å²) in [6.45, 7) is 1.95. The Kier molecular flexibility index (Phi) is 2.04. The van der Waals surface area contributed by atoms with Gasteiger partial charge in [0.1, 0.15) is 11.3 Å². The molecule has 0 aliphatic heterocycles. The van der Waals surface area contributed by atoms with Crippen LogP contribution in [0.25, 0.3) is 10.9 Å². The van der Waals surface area contributed by atoms with E-state index in [2.05, 4.69) is 9.97 Å². The molecule has 0 unspecified atom stereocenters. The number of nitrogen functional groups attached to an aromatic ring is 1. The first kappa shape index (κ1) is 8.87. The number of rotatable bonds is 1. The molecule has 0 atom stereocenters. The lowest BCUT2D eigenvalue weighted by Gasteiger charge is -2.04. The monoisotopic (exact) mass is 191 g/mol. The van der Waals surface area contributed by atoms with Crippen LogP contribution in [0.4, 0.5) is 10.3 Å². The number of aryl methyl sites for hydroxylation is 1. The Morgan fingerprint density at radius 1 is 1.36 bits per heavy atom. The zero-order chi connectivity index (χ0) is 10.1. The highest BCUT2D eigenvalue weighted by molar-refractivity contribution is 5.82. The Morgan fingerprint density at radius 3 is 2.86 bits per heavy atom. The SMILES string of the molecule is CCc1nc(N)nc2c(F)cccc12. The highest BCUT2D eigenvalue weighted by Crippen LogP contribution is 2.19. The molecule has 0 aliphatic rings. The molecule has 0 radical (unpaired) electrons. The Balaban J connectivity index is 2.87. The van der Waals surface area contributed by atoms with Crippen molar-refractivity contribution in [2.45, 2.75) is 13.3 Å². The van der Waals surface area contributed by atoms with Gasteiger partial charge in [0.25, 0.3) is 0 Å². The van der Waals surface area contributed by atoms with Crippen molar-refractivity contribution in [3.05, 3.63) is 29.7 Å². The van der Waals surface area contributed by atoms with E-state index in [1.807, 2.05) is 6.92 Å². The van der Waals surface area contributed by atoms with Gasteiger partial charge in [-0.3, -0.25) is 0 Å². The fourth-order valence-corrected chi connectivity index (χ4v) is 1.47. The van der Waals surface area contributed by atoms with Crippen molar-refractivity contribution in [1.29, 1.82) is 0 Å². The minimum Gasteiger partial charge on any atom is -0.368 e. The third kappa shape index (κ3) is 1.28. The predicted octanol–water partition coefficient (Wildman–Crippen LogP) is 1.91. The summed E-state index contributed by atoms with van der Waals surface area (Å²) in [6.07, 6.45) is 0.715. The number of hydrogen-bond donors (Lipinski definition) is 1. The fourth-order valence-electron chi connectivity index (χ4n) is 1.47. The molecule has 1 aromatic carbocycles. The van der Waals surface area contributed by atoms with Gasteiger partial charge in [-0.15, -0.1) is 0 Å². The first-order chi connectivity index (χ1) is 6.72. The van der Waals surface area contributed by atoms with Crippen molar-refractivity contribution in [2.24, 2.45) is 0 Å². The summed E-state index contributed by atoms with van der Waals surface area (Å²) in [6, 6.07) is 4.82. The van der Waals surface area contributed by atoms with Crippen molar-refractivity contribution in [2.75, 3.05) is 5.73 Å². The molecule has 72 valence electrons. The fraction of sp³-hybridized carbons (Fsp3) is 0.200. The van der Waals surface area contributed by atoms with Crippen LogP contribution in [0.3, 0.4) is 0 Å². The van der Waals surface area contributed by atoms with Crippen LogP contribution >= 0.6 is 0 Å². The van der Waals surface area contributed by atoms with Crippen molar-refractivity contribution >= 4 is 16.9 Å². The third-order valence-corrected chi connectivity index (χ3v) is 2.11. The maximum Gasteiger partial charge on any atom is 0.220 e. The normalized spacial score (nSPS) is 10.7. The highest BCUT2D eigenvalue weighted by atomic mass is 19.1. The number of fused-ring (bicyclic) bond motifs is 1. The van der Waals surface area contributed by atoms with Gasteiger partial charge < -0.3 is 5.73 Å². The molecular formula is C10H10FN3. The molecule has 3 nitrogen and oxygen atoms in total. The zero-order valence-corrected chi connectivity index (χ0v) is 7.79. The second kappa shape index (κ2) is 3.21. The molecule has 0 amide bonds. The molecule has 0 fully saturated rings. The van der Waals surface area contributed by atoms with Gasteiger partial charge >= 0.3 is 0 Å². The molecule has 4 heteroatoms. The lowest BCUT2D eigenvalue weighted by Crippen LogP contribution is -2.01. The number of para-hydroxylation sites is 1. The Bertz CT molecular complexity index is 482. The van der Waals surface area contributed by atoms with E-state index in [9.17, 15) is 4.39 Å². The molecule has 1 heterocycles. The lowest BCUT2D eigenvalue weighted by atomic mass is 10.1. The summed E-state index contributed by atoms with van der Waals surface area (Å²) >= 11 is 0. The van der Waals surface area contributed by atoms with E-state index < -0.39 is 0 Å². The summed E-state index contributed by atoms with van der Waals surface area (Å²) in [4.78, 5) is 7.94. The van der Waals surface area contributed by atoms with Gasteiger partial charge in [0.05, 0.1) is 5.69 Å². The minimum atomic E-state index is -0.355.